The molecule has 1 aliphatic heterocycles. The lowest BCUT2D eigenvalue weighted by Gasteiger charge is -2.26. The molecule has 1 heterocycles. The molecule has 2 aliphatic rings. The summed E-state index contributed by atoms with van der Waals surface area (Å²) in [7, 11) is 0. The predicted molar refractivity (Wildman–Crippen MR) is 84.5 cm³/mol. The lowest BCUT2D eigenvalue weighted by atomic mass is 10.0. The van der Waals surface area contributed by atoms with E-state index in [1.165, 1.54) is 36.8 Å². The molecular formula is C18H27NO2. The fraction of sp³-hybridized carbons (Fsp3) is 0.667. The van der Waals surface area contributed by atoms with E-state index in [0.29, 0.717) is 12.6 Å². The van der Waals surface area contributed by atoms with E-state index in [2.05, 4.69) is 36.5 Å². The Balaban J connectivity index is 1.59. The Morgan fingerprint density at radius 3 is 2.81 bits per heavy atom. The minimum atomic E-state index is 0.136. The van der Waals surface area contributed by atoms with Gasteiger partial charge < -0.3 is 14.8 Å². The van der Waals surface area contributed by atoms with E-state index < -0.39 is 0 Å². The molecule has 2 fully saturated rings. The largest absolute Gasteiger partial charge is 0.376 e. The standard InChI is InChI=1S/C18H27NO2/c1-14-6-2-3-8-17(14)18(12-19-15-9-10-15)21-13-16-7-4-5-11-20-16/h2-3,6,8,15-16,18-19H,4-5,7,9-13H2,1H3. The van der Waals surface area contributed by atoms with Crippen LogP contribution in [0.15, 0.2) is 24.3 Å². The first kappa shape index (κ1) is 15.0. The van der Waals surface area contributed by atoms with Gasteiger partial charge in [-0.15, -0.1) is 0 Å². The highest BCUT2D eigenvalue weighted by molar-refractivity contribution is 5.28. The summed E-state index contributed by atoms with van der Waals surface area (Å²) in [6, 6.07) is 9.27. The van der Waals surface area contributed by atoms with E-state index in [-0.39, 0.29) is 12.2 Å². The Hall–Kier alpha value is -0.900. The maximum atomic E-state index is 6.24. The van der Waals surface area contributed by atoms with Crippen molar-refractivity contribution < 1.29 is 9.47 Å². The molecule has 0 radical (unpaired) electrons. The first-order valence-electron chi connectivity index (χ1n) is 8.35. The van der Waals surface area contributed by atoms with Crippen LogP contribution in [0.4, 0.5) is 0 Å². The van der Waals surface area contributed by atoms with Gasteiger partial charge in [0, 0.05) is 19.2 Å². The number of nitrogens with one attached hydrogen (secondary N) is 1. The molecule has 1 saturated heterocycles. The van der Waals surface area contributed by atoms with Crippen LogP contribution in [0.2, 0.25) is 0 Å². The van der Waals surface area contributed by atoms with E-state index >= 15 is 0 Å². The van der Waals surface area contributed by atoms with Gasteiger partial charge in [0.15, 0.2) is 0 Å². The number of ether oxygens (including phenoxy) is 2. The Bertz CT molecular complexity index is 439. The quantitative estimate of drug-likeness (QED) is 0.835. The molecule has 1 aliphatic carbocycles. The molecule has 1 N–H and O–H groups in total. The van der Waals surface area contributed by atoms with Crippen LogP contribution in [0.25, 0.3) is 0 Å². The molecule has 3 nitrogen and oxygen atoms in total. The second-order valence-corrected chi connectivity index (χ2v) is 6.35. The maximum absolute atomic E-state index is 6.24. The molecule has 116 valence electrons. The summed E-state index contributed by atoms with van der Waals surface area (Å²) in [6.45, 7) is 4.68. The van der Waals surface area contributed by atoms with Crippen molar-refractivity contribution >= 4 is 0 Å². The zero-order valence-corrected chi connectivity index (χ0v) is 13.0. The van der Waals surface area contributed by atoms with Gasteiger partial charge in [0.1, 0.15) is 0 Å². The van der Waals surface area contributed by atoms with E-state index in [4.69, 9.17) is 9.47 Å². The van der Waals surface area contributed by atoms with Gasteiger partial charge in [-0.05, 0) is 50.2 Å². The zero-order chi connectivity index (χ0) is 14.5. The third kappa shape index (κ3) is 4.53. The van der Waals surface area contributed by atoms with Crippen LogP contribution in [0.1, 0.15) is 49.3 Å². The third-order valence-electron chi connectivity index (χ3n) is 4.46. The average Bonchev–Trinajstić information content (AvgIpc) is 3.34. The minimum Gasteiger partial charge on any atom is -0.376 e. The molecule has 0 bridgehead atoms. The molecular weight excluding hydrogens is 262 g/mol. The highest BCUT2D eigenvalue weighted by Gasteiger charge is 2.24. The van der Waals surface area contributed by atoms with Crippen LogP contribution in [0.5, 0.6) is 0 Å². The summed E-state index contributed by atoms with van der Waals surface area (Å²) < 4.78 is 12.0. The van der Waals surface area contributed by atoms with Crippen LogP contribution in [-0.2, 0) is 9.47 Å². The number of rotatable bonds is 7. The number of hydrogen-bond donors (Lipinski definition) is 1. The van der Waals surface area contributed by atoms with E-state index in [9.17, 15) is 0 Å². The summed E-state index contributed by atoms with van der Waals surface area (Å²) in [5.74, 6) is 0. The molecule has 3 heteroatoms. The Kier molecular flexibility index (Phi) is 5.28. The van der Waals surface area contributed by atoms with Crippen LogP contribution < -0.4 is 5.32 Å². The summed E-state index contributed by atoms with van der Waals surface area (Å²) in [5, 5.41) is 3.60. The van der Waals surface area contributed by atoms with Crippen molar-refractivity contribution in [3.63, 3.8) is 0 Å². The highest BCUT2D eigenvalue weighted by atomic mass is 16.5. The molecule has 1 saturated carbocycles. The van der Waals surface area contributed by atoms with Crippen LogP contribution in [0.3, 0.4) is 0 Å². The number of hydrogen-bond acceptors (Lipinski definition) is 3. The highest BCUT2D eigenvalue weighted by Crippen LogP contribution is 2.25. The first-order valence-corrected chi connectivity index (χ1v) is 8.35. The van der Waals surface area contributed by atoms with E-state index in [1.54, 1.807) is 0 Å². The Morgan fingerprint density at radius 2 is 2.10 bits per heavy atom. The Labute approximate surface area is 128 Å². The van der Waals surface area contributed by atoms with Crippen molar-refractivity contribution in [2.24, 2.45) is 0 Å². The van der Waals surface area contributed by atoms with Crippen molar-refractivity contribution in [1.29, 1.82) is 0 Å². The van der Waals surface area contributed by atoms with Gasteiger partial charge in [0.25, 0.3) is 0 Å². The van der Waals surface area contributed by atoms with Crippen LogP contribution >= 0.6 is 0 Å². The number of aryl methyl sites for hydroxylation is 1. The average molecular weight is 289 g/mol. The monoisotopic (exact) mass is 289 g/mol. The van der Waals surface area contributed by atoms with Crippen molar-refractivity contribution in [1.82, 2.24) is 5.32 Å². The molecule has 1 aromatic carbocycles. The van der Waals surface area contributed by atoms with Crippen LogP contribution in [-0.4, -0.2) is 31.9 Å². The van der Waals surface area contributed by atoms with Crippen molar-refractivity contribution in [3.05, 3.63) is 35.4 Å². The van der Waals surface area contributed by atoms with Gasteiger partial charge in [-0.2, -0.15) is 0 Å². The topological polar surface area (TPSA) is 30.5 Å². The molecule has 3 rings (SSSR count). The minimum absolute atomic E-state index is 0.136. The fourth-order valence-corrected chi connectivity index (χ4v) is 2.93. The predicted octanol–water partition coefficient (Wildman–Crippen LogP) is 3.37. The van der Waals surface area contributed by atoms with E-state index in [1.807, 2.05) is 0 Å². The summed E-state index contributed by atoms with van der Waals surface area (Å²) in [4.78, 5) is 0. The molecule has 1 aromatic rings. The van der Waals surface area contributed by atoms with Gasteiger partial charge in [-0.3, -0.25) is 0 Å². The summed E-state index contributed by atoms with van der Waals surface area (Å²) in [5.41, 5.74) is 2.62. The van der Waals surface area contributed by atoms with Gasteiger partial charge in [0.05, 0.1) is 18.8 Å². The second-order valence-electron chi connectivity index (χ2n) is 6.35. The lowest BCUT2D eigenvalue weighted by molar-refractivity contribution is -0.0635. The van der Waals surface area contributed by atoms with Gasteiger partial charge >= 0.3 is 0 Å². The van der Waals surface area contributed by atoms with Gasteiger partial charge in [-0.25, -0.2) is 0 Å². The van der Waals surface area contributed by atoms with E-state index in [0.717, 1.165) is 19.6 Å². The summed E-state index contributed by atoms with van der Waals surface area (Å²) >= 11 is 0. The van der Waals surface area contributed by atoms with Crippen LogP contribution in [0, 0.1) is 6.92 Å². The first-order chi connectivity index (χ1) is 10.3. The molecule has 0 spiro atoms. The lowest BCUT2D eigenvalue weighted by Crippen LogP contribution is -2.30. The zero-order valence-electron chi connectivity index (χ0n) is 13.0. The fourth-order valence-electron chi connectivity index (χ4n) is 2.93. The maximum Gasteiger partial charge on any atom is 0.0953 e. The molecule has 0 aromatic heterocycles. The normalized spacial score (nSPS) is 24.0. The van der Waals surface area contributed by atoms with Gasteiger partial charge in [-0.1, -0.05) is 24.3 Å². The number of benzene rings is 1. The van der Waals surface area contributed by atoms with Crippen molar-refractivity contribution in [2.75, 3.05) is 19.8 Å². The second kappa shape index (κ2) is 7.39. The molecule has 2 unspecified atom stereocenters. The van der Waals surface area contributed by atoms with Crippen molar-refractivity contribution in [3.8, 4) is 0 Å². The third-order valence-corrected chi connectivity index (χ3v) is 4.46. The SMILES string of the molecule is Cc1ccccc1C(CNC1CC1)OCC1CCCCO1. The van der Waals surface area contributed by atoms with Gasteiger partial charge in [0.2, 0.25) is 0 Å². The smallest absolute Gasteiger partial charge is 0.0953 e. The summed E-state index contributed by atoms with van der Waals surface area (Å²) in [6.07, 6.45) is 6.64. The molecule has 21 heavy (non-hydrogen) atoms. The molecule has 0 amide bonds. The Morgan fingerprint density at radius 1 is 1.24 bits per heavy atom. The van der Waals surface area contributed by atoms with Crippen molar-refractivity contribution in [2.45, 2.75) is 57.3 Å². The molecule has 2 atom stereocenters.